The highest BCUT2D eigenvalue weighted by Crippen LogP contribution is 2.22. The Morgan fingerprint density at radius 2 is 1.48 bits per heavy atom. The van der Waals surface area contributed by atoms with Crippen molar-refractivity contribution in [3.63, 3.8) is 0 Å². The molecule has 112 valence electrons. The van der Waals surface area contributed by atoms with Crippen molar-refractivity contribution in [2.24, 2.45) is 0 Å². The summed E-state index contributed by atoms with van der Waals surface area (Å²) < 4.78 is 0. The summed E-state index contributed by atoms with van der Waals surface area (Å²) in [5.74, 6) is 0. The van der Waals surface area contributed by atoms with E-state index in [2.05, 4.69) is 93.6 Å². The third-order valence-corrected chi connectivity index (χ3v) is 3.95. The summed E-state index contributed by atoms with van der Waals surface area (Å²) in [6.45, 7) is 6.58. The van der Waals surface area contributed by atoms with Crippen molar-refractivity contribution in [3.8, 4) is 0 Å². The zero-order valence-electron chi connectivity index (χ0n) is 13.7. The SMILES string of the molecule is Cc1cccc([C@H](C)NC(C)c2ccc(N(C)C)cc2)c1. The summed E-state index contributed by atoms with van der Waals surface area (Å²) in [6.07, 6.45) is 0. The van der Waals surface area contributed by atoms with E-state index in [9.17, 15) is 0 Å². The van der Waals surface area contributed by atoms with E-state index < -0.39 is 0 Å². The predicted molar refractivity (Wildman–Crippen MR) is 91.9 cm³/mol. The monoisotopic (exact) mass is 282 g/mol. The molecule has 1 unspecified atom stereocenters. The second-order valence-corrected chi connectivity index (χ2v) is 6.01. The quantitative estimate of drug-likeness (QED) is 0.870. The summed E-state index contributed by atoms with van der Waals surface area (Å²) in [5, 5.41) is 3.67. The Bertz CT molecular complexity index is 572. The maximum atomic E-state index is 3.67. The molecule has 0 saturated heterocycles. The van der Waals surface area contributed by atoms with Crippen LogP contribution in [0.4, 0.5) is 5.69 Å². The van der Waals surface area contributed by atoms with E-state index in [4.69, 9.17) is 0 Å². The van der Waals surface area contributed by atoms with Crippen LogP contribution in [0.1, 0.15) is 42.6 Å². The number of nitrogens with zero attached hydrogens (tertiary/aromatic N) is 1. The Morgan fingerprint density at radius 3 is 2.05 bits per heavy atom. The van der Waals surface area contributed by atoms with E-state index in [1.165, 1.54) is 22.4 Å². The van der Waals surface area contributed by atoms with E-state index in [0.717, 1.165) is 0 Å². The number of anilines is 1. The lowest BCUT2D eigenvalue weighted by atomic mass is 10.0. The van der Waals surface area contributed by atoms with Gasteiger partial charge in [-0.15, -0.1) is 0 Å². The van der Waals surface area contributed by atoms with E-state index in [1.54, 1.807) is 0 Å². The molecule has 0 aromatic heterocycles. The molecule has 2 rings (SSSR count). The first-order valence-corrected chi connectivity index (χ1v) is 7.57. The van der Waals surface area contributed by atoms with Crippen molar-refractivity contribution in [1.29, 1.82) is 0 Å². The summed E-state index contributed by atoms with van der Waals surface area (Å²) >= 11 is 0. The lowest BCUT2D eigenvalue weighted by Crippen LogP contribution is -2.22. The minimum Gasteiger partial charge on any atom is -0.378 e. The third kappa shape index (κ3) is 4.08. The Hall–Kier alpha value is -1.80. The average molecular weight is 282 g/mol. The summed E-state index contributed by atoms with van der Waals surface area (Å²) in [7, 11) is 4.13. The molecule has 2 aromatic carbocycles. The summed E-state index contributed by atoms with van der Waals surface area (Å²) in [6, 6.07) is 18.1. The van der Waals surface area contributed by atoms with Gasteiger partial charge in [0.2, 0.25) is 0 Å². The van der Waals surface area contributed by atoms with E-state index in [-0.39, 0.29) is 0 Å². The molecule has 0 radical (unpaired) electrons. The molecule has 0 aliphatic rings. The topological polar surface area (TPSA) is 15.3 Å². The van der Waals surface area contributed by atoms with Crippen LogP contribution in [-0.2, 0) is 0 Å². The molecular weight excluding hydrogens is 256 g/mol. The zero-order valence-corrected chi connectivity index (χ0v) is 13.7. The molecule has 0 fully saturated rings. The molecule has 2 nitrogen and oxygen atoms in total. The van der Waals surface area contributed by atoms with Crippen molar-refractivity contribution < 1.29 is 0 Å². The standard InChI is InChI=1S/C19H26N2/c1-14-7-6-8-18(13-14)16(3)20-15(2)17-9-11-19(12-10-17)21(4)5/h6-13,15-16,20H,1-5H3/t15?,16-/m0/s1. The fraction of sp³-hybridized carbons (Fsp3) is 0.368. The lowest BCUT2D eigenvalue weighted by molar-refractivity contribution is 0.494. The molecule has 0 heterocycles. The molecule has 0 amide bonds. The van der Waals surface area contributed by atoms with Gasteiger partial charge >= 0.3 is 0 Å². The number of hydrogen-bond donors (Lipinski definition) is 1. The van der Waals surface area contributed by atoms with Crippen LogP contribution in [0.15, 0.2) is 48.5 Å². The lowest BCUT2D eigenvalue weighted by Gasteiger charge is -2.22. The van der Waals surface area contributed by atoms with Gasteiger partial charge in [-0.05, 0) is 44.0 Å². The van der Waals surface area contributed by atoms with Crippen molar-refractivity contribution >= 4 is 5.69 Å². The van der Waals surface area contributed by atoms with Gasteiger partial charge in [-0.3, -0.25) is 0 Å². The number of benzene rings is 2. The molecule has 0 saturated carbocycles. The first-order valence-electron chi connectivity index (χ1n) is 7.57. The molecule has 2 atom stereocenters. The van der Waals surface area contributed by atoms with Gasteiger partial charge in [-0.1, -0.05) is 42.0 Å². The minimum absolute atomic E-state index is 0.330. The van der Waals surface area contributed by atoms with Crippen LogP contribution in [0, 0.1) is 6.92 Å². The normalized spacial score (nSPS) is 13.8. The van der Waals surface area contributed by atoms with Crippen molar-refractivity contribution in [2.45, 2.75) is 32.9 Å². The molecule has 0 aliphatic carbocycles. The Balaban J connectivity index is 2.05. The molecule has 0 bridgehead atoms. The Morgan fingerprint density at radius 1 is 0.857 bits per heavy atom. The highest BCUT2D eigenvalue weighted by molar-refractivity contribution is 5.46. The fourth-order valence-electron chi connectivity index (χ4n) is 2.57. The predicted octanol–water partition coefficient (Wildman–Crippen LogP) is 4.47. The highest BCUT2D eigenvalue weighted by atomic mass is 15.1. The van der Waals surface area contributed by atoms with E-state index in [1.807, 2.05) is 0 Å². The number of hydrogen-bond acceptors (Lipinski definition) is 2. The van der Waals surface area contributed by atoms with Crippen LogP contribution in [0.3, 0.4) is 0 Å². The minimum atomic E-state index is 0.330. The van der Waals surface area contributed by atoms with Gasteiger partial charge in [-0.25, -0.2) is 0 Å². The van der Waals surface area contributed by atoms with Gasteiger partial charge in [0.15, 0.2) is 0 Å². The van der Waals surface area contributed by atoms with E-state index in [0.29, 0.717) is 12.1 Å². The smallest absolute Gasteiger partial charge is 0.0361 e. The van der Waals surface area contributed by atoms with Crippen LogP contribution in [0.25, 0.3) is 0 Å². The number of nitrogens with one attached hydrogen (secondary N) is 1. The molecule has 1 N–H and O–H groups in total. The van der Waals surface area contributed by atoms with Crippen LogP contribution in [0.2, 0.25) is 0 Å². The van der Waals surface area contributed by atoms with Crippen LogP contribution < -0.4 is 10.2 Å². The Labute approximate surface area is 128 Å². The first-order chi connectivity index (χ1) is 9.97. The van der Waals surface area contributed by atoms with Crippen LogP contribution >= 0.6 is 0 Å². The Kier molecular flexibility index (Phi) is 5.03. The van der Waals surface area contributed by atoms with Crippen LogP contribution in [0.5, 0.6) is 0 Å². The van der Waals surface area contributed by atoms with Crippen LogP contribution in [-0.4, -0.2) is 14.1 Å². The molecule has 2 heteroatoms. The molecular formula is C19H26N2. The fourth-order valence-corrected chi connectivity index (χ4v) is 2.57. The second kappa shape index (κ2) is 6.77. The van der Waals surface area contributed by atoms with Gasteiger partial charge in [0.05, 0.1) is 0 Å². The van der Waals surface area contributed by atoms with Crippen molar-refractivity contribution in [2.75, 3.05) is 19.0 Å². The maximum absolute atomic E-state index is 3.67. The number of aryl methyl sites for hydroxylation is 1. The largest absolute Gasteiger partial charge is 0.378 e. The maximum Gasteiger partial charge on any atom is 0.0361 e. The van der Waals surface area contributed by atoms with Crippen molar-refractivity contribution in [3.05, 3.63) is 65.2 Å². The van der Waals surface area contributed by atoms with Gasteiger partial charge in [0, 0.05) is 31.9 Å². The molecule has 21 heavy (non-hydrogen) atoms. The molecule has 0 spiro atoms. The van der Waals surface area contributed by atoms with Crippen molar-refractivity contribution in [1.82, 2.24) is 5.32 Å². The van der Waals surface area contributed by atoms with Gasteiger partial charge in [0.1, 0.15) is 0 Å². The molecule has 2 aromatic rings. The number of rotatable bonds is 5. The first kappa shape index (κ1) is 15.6. The van der Waals surface area contributed by atoms with E-state index >= 15 is 0 Å². The van der Waals surface area contributed by atoms with Gasteiger partial charge < -0.3 is 10.2 Å². The molecule has 0 aliphatic heterocycles. The zero-order chi connectivity index (χ0) is 15.4. The third-order valence-electron chi connectivity index (χ3n) is 3.95. The highest BCUT2D eigenvalue weighted by Gasteiger charge is 2.11. The summed E-state index contributed by atoms with van der Waals surface area (Å²) in [5.41, 5.74) is 5.20. The average Bonchev–Trinajstić information content (AvgIpc) is 2.47. The summed E-state index contributed by atoms with van der Waals surface area (Å²) in [4.78, 5) is 2.12. The van der Waals surface area contributed by atoms with Gasteiger partial charge in [-0.2, -0.15) is 0 Å². The van der Waals surface area contributed by atoms with Gasteiger partial charge in [0.25, 0.3) is 0 Å². The second-order valence-electron chi connectivity index (χ2n) is 6.01.